The molecule has 0 aliphatic carbocycles. The number of carbonyl (C=O) groups is 1. The highest BCUT2D eigenvalue weighted by atomic mass is 35.5. The van der Waals surface area contributed by atoms with Crippen molar-refractivity contribution in [2.45, 2.75) is 34.2 Å². The van der Waals surface area contributed by atoms with Crippen molar-refractivity contribution < 1.29 is 4.79 Å². The number of hydrogen-bond donors (Lipinski definition) is 1. The standard InChI is InChI=1S/C22H23ClN6O/c1-6-29-21-18(13(3)26-29)16(11-17(24-21)15-9-7-12(2)8-10-15)22(30)25-20-19(23)14(4)28(5)27-20/h7-11H,6H2,1-5H3,(H,25,27,30). The van der Waals surface area contributed by atoms with Gasteiger partial charge < -0.3 is 5.32 Å². The number of anilines is 1. The maximum atomic E-state index is 13.3. The number of aromatic nitrogens is 5. The summed E-state index contributed by atoms with van der Waals surface area (Å²) in [5.74, 6) is 0.0403. The zero-order chi connectivity index (χ0) is 21.6. The van der Waals surface area contributed by atoms with E-state index in [1.165, 1.54) is 0 Å². The van der Waals surface area contributed by atoms with Crippen molar-refractivity contribution in [1.82, 2.24) is 24.5 Å². The number of halogens is 1. The minimum atomic E-state index is -0.297. The first-order chi connectivity index (χ1) is 14.3. The van der Waals surface area contributed by atoms with E-state index >= 15 is 0 Å². The number of carbonyl (C=O) groups excluding carboxylic acids is 1. The van der Waals surface area contributed by atoms with E-state index in [0.717, 1.165) is 27.9 Å². The molecule has 0 spiro atoms. The summed E-state index contributed by atoms with van der Waals surface area (Å²) in [6.45, 7) is 8.42. The van der Waals surface area contributed by atoms with Gasteiger partial charge in [0.2, 0.25) is 0 Å². The highest BCUT2D eigenvalue weighted by Gasteiger charge is 2.22. The molecule has 3 heterocycles. The van der Waals surface area contributed by atoms with Crippen LogP contribution in [-0.4, -0.2) is 30.5 Å². The van der Waals surface area contributed by atoms with Gasteiger partial charge in [-0.2, -0.15) is 10.2 Å². The van der Waals surface area contributed by atoms with Crippen molar-refractivity contribution in [3.8, 4) is 11.3 Å². The third-order valence-electron chi connectivity index (χ3n) is 5.26. The summed E-state index contributed by atoms with van der Waals surface area (Å²) >= 11 is 6.34. The number of aryl methyl sites for hydroxylation is 4. The lowest BCUT2D eigenvalue weighted by atomic mass is 10.0. The molecule has 1 amide bonds. The van der Waals surface area contributed by atoms with E-state index in [4.69, 9.17) is 16.6 Å². The van der Waals surface area contributed by atoms with Crippen molar-refractivity contribution >= 4 is 34.4 Å². The number of benzene rings is 1. The summed E-state index contributed by atoms with van der Waals surface area (Å²) < 4.78 is 3.45. The second-order valence-electron chi connectivity index (χ2n) is 7.35. The van der Waals surface area contributed by atoms with Gasteiger partial charge in [-0.3, -0.25) is 9.48 Å². The molecule has 30 heavy (non-hydrogen) atoms. The molecule has 1 N–H and O–H groups in total. The molecule has 0 atom stereocenters. The summed E-state index contributed by atoms with van der Waals surface area (Å²) in [4.78, 5) is 18.1. The fourth-order valence-electron chi connectivity index (χ4n) is 3.46. The second-order valence-corrected chi connectivity index (χ2v) is 7.72. The van der Waals surface area contributed by atoms with Crippen LogP contribution in [0.3, 0.4) is 0 Å². The van der Waals surface area contributed by atoms with Gasteiger partial charge >= 0.3 is 0 Å². The average molecular weight is 423 g/mol. The molecular formula is C22H23ClN6O. The number of nitrogens with zero attached hydrogens (tertiary/aromatic N) is 5. The molecular weight excluding hydrogens is 400 g/mol. The van der Waals surface area contributed by atoms with Crippen molar-refractivity contribution in [3.63, 3.8) is 0 Å². The Balaban J connectivity index is 1.88. The minimum Gasteiger partial charge on any atom is -0.304 e. The van der Waals surface area contributed by atoms with Gasteiger partial charge in [-0.05, 0) is 33.8 Å². The van der Waals surface area contributed by atoms with E-state index in [0.29, 0.717) is 34.3 Å². The minimum absolute atomic E-state index is 0.297. The topological polar surface area (TPSA) is 77.6 Å². The van der Waals surface area contributed by atoms with Crippen LogP contribution < -0.4 is 5.32 Å². The smallest absolute Gasteiger partial charge is 0.257 e. The van der Waals surface area contributed by atoms with Crippen LogP contribution in [0.2, 0.25) is 5.02 Å². The summed E-state index contributed by atoms with van der Waals surface area (Å²) in [5.41, 5.74) is 5.52. The molecule has 0 unspecified atom stereocenters. The first-order valence-electron chi connectivity index (χ1n) is 9.75. The zero-order valence-corrected chi connectivity index (χ0v) is 18.4. The zero-order valence-electron chi connectivity index (χ0n) is 17.6. The van der Waals surface area contributed by atoms with E-state index in [-0.39, 0.29) is 5.91 Å². The SMILES string of the molecule is CCn1nc(C)c2c(C(=O)Nc3nn(C)c(C)c3Cl)cc(-c3ccc(C)cc3)nc21. The summed E-state index contributed by atoms with van der Waals surface area (Å²) in [6, 6.07) is 9.87. The van der Waals surface area contributed by atoms with Crippen LogP contribution in [0.1, 0.15) is 34.2 Å². The summed E-state index contributed by atoms with van der Waals surface area (Å²) in [6.07, 6.45) is 0. The Morgan fingerprint density at radius 2 is 1.83 bits per heavy atom. The normalized spacial score (nSPS) is 11.3. The Morgan fingerprint density at radius 3 is 2.43 bits per heavy atom. The molecule has 0 bridgehead atoms. The van der Waals surface area contributed by atoms with E-state index < -0.39 is 0 Å². The Morgan fingerprint density at radius 1 is 1.13 bits per heavy atom. The largest absolute Gasteiger partial charge is 0.304 e. The van der Waals surface area contributed by atoms with Gasteiger partial charge in [-0.1, -0.05) is 41.4 Å². The first-order valence-corrected chi connectivity index (χ1v) is 10.1. The number of nitrogens with one attached hydrogen (secondary N) is 1. The van der Waals surface area contributed by atoms with Gasteiger partial charge in [-0.15, -0.1) is 0 Å². The number of fused-ring (bicyclic) bond motifs is 1. The summed E-state index contributed by atoms with van der Waals surface area (Å²) in [7, 11) is 1.78. The molecule has 0 radical (unpaired) electrons. The van der Waals surface area contributed by atoms with Crippen LogP contribution in [0.4, 0.5) is 5.82 Å². The fourth-order valence-corrected chi connectivity index (χ4v) is 3.67. The van der Waals surface area contributed by atoms with Gasteiger partial charge in [-0.25, -0.2) is 9.67 Å². The first kappa shape index (κ1) is 20.1. The van der Waals surface area contributed by atoms with Crippen LogP contribution in [0, 0.1) is 20.8 Å². The quantitative estimate of drug-likeness (QED) is 0.517. The third kappa shape index (κ3) is 3.35. The maximum Gasteiger partial charge on any atom is 0.257 e. The maximum absolute atomic E-state index is 13.3. The molecule has 0 saturated heterocycles. The Bertz CT molecular complexity index is 1270. The van der Waals surface area contributed by atoms with Crippen molar-refractivity contribution in [2.24, 2.45) is 7.05 Å². The number of pyridine rings is 1. The molecule has 7 nitrogen and oxygen atoms in total. The van der Waals surface area contributed by atoms with Gasteiger partial charge in [0.05, 0.1) is 28.0 Å². The summed E-state index contributed by atoms with van der Waals surface area (Å²) in [5, 5.41) is 12.9. The van der Waals surface area contributed by atoms with Crippen molar-refractivity contribution in [1.29, 1.82) is 0 Å². The monoisotopic (exact) mass is 422 g/mol. The van der Waals surface area contributed by atoms with E-state index in [9.17, 15) is 4.79 Å². The lowest BCUT2D eigenvalue weighted by molar-refractivity contribution is 0.102. The van der Waals surface area contributed by atoms with Crippen LogP contribution in [0.25, 0.3) is 22.3 Å². The Hall–Kier alpha value is -3.19. The number of hydrogen-bond acceptors (Lipinski definition) is 4. The van der Waals surface area contributed by atoms with Crippen LogP contribution in [0.15, 0.2) is 30.3 Å². The fraction of sp³-hybridized carbons (Fsp3) is 0.273. The molecule has 4 rings (SSSR count). The van der Waals surface area contributed by atoms with Gasteiger partial charge in [0.1, 0.15) is 5.02 Å². The predicted molar refractivity (Wildman–Crippen MR) is 119 cm³/mol. The molecule has 0 aliphatic rings. The van der Waals surface area contributed by atoms with Crippen molar-refractivity contribution in [3.05, 3.63) is 57.9 Å². The van der Waals surface area contributed by atoms with Crippen LogP contribution >= 0.6 is 11.6 Å². The van der Waals surface area contributed by atoms with E-state index in [1.54, 1.807) is 17.8 Å². The van der Waals surface area contributed by atoms with Crippen molar-refractivity contribution in [2.75, 3.05) is 5.32 Å². The molecule has 154 valence electrons. The molecule has 0 saturated carbocycles. The molecule has 0 fully saturated rings. The number of rotatable bonds is 4. The van der Waals surface area contributed by atoms with Gasteiger partial charge in [0.25, 0.3) is 5.91 Å². The molecule has 4 aromatic rings. The Kier molecular flexibility index (Phi) is 5.07. The Labute approximate surface area is 179 Å². The van der Waals surface area contributed by atoms with Gasteiger partial charge in [0, 0.05) is 19.2 Å². The highest BCUT2D eigenvalue weighted by Crippen LogP contribution is 2.29. The van der Waals surface area contributed by atoms with Crippen LogP contribution in [0.5, 0.6) is 0 Å². The molecule has 0 aliphatic heterocycles. The lowest BCUT2D eigenvalue weighted by Crippen LogP contribution is -2.14. The van der Waals surface area contributed by atoms with E-state index in [1.807, 2.05) is 56.6 Å². The molecule has 3 aromatic heterocycles. The molecule has 1 aromatic carbocycles. The third-order valence-corrected chi connectivity index (χ3v) is 5.71. The average Bonchev–Trinajstić information content (AvgIpc) is 3.18. The molecule has 8 heteroatoms. The van der Waals surface area contributed by atoms with Gasteiger partial charge in [0.15, 0.2) is 11.5 Å². The van der Waals surface area contributed by atoms with Crippen LogP contribution in [-0.2, 0) is 13.6 Å². The van der Waals surface area contributed by atoms with E-state index in [2.05, 4.69) is 15.5 Å². The highest BCUT2D eigenvalue weighted by molar-refractivity contribution is 6.34. The lowest BCUT2D eigenvalue weighted by Gasteiger charge is -2.09. The predicted octanol–water partition coefficient (Wildman–Crippen LogP) is 4.68. The second kappa shape index (κ2) is 7.57. The number of amides is 1.